The molecular formula is C22H28ClFN4O4. The number of pyridine rings is 1. The average Bonchev–Trinajstić information content (AvgIpc) is 3.33. The maximum atomic E-state index is 14.1. The van der Waals surface area contributed by atoms with Gasteiger partial charge >= 0.3 is 0 Å². The number of nitrogens with zero attached hydrogens (tertiary/aromatic N) is 3. The number of rotatable bonds is 5. The number of ether oxygens (including phenoxy) is 1. The first-order valence-corrected chi connectivity index (χ1v) is 10.7. The van der Waals surface area contributed by atoms with Crippen molar-refractivity contribution < 1.29 is 24.4 Å². The summed E-state index contributed by atoms with van der Waals surface area (Å²) < 4.78 is 21.6. The number of hydrogen-bond donors (Lipinski definition) is 4. The van der Waals surface area contributed by atoms with Gasteiger partial charge in [0, 0.05) is 5.56 Å². The molecule has 3 heterocycles. The Morgan fingerprint density at radius 3 is 2.62 bits per heavy atom. The Labute approximate surface area is 190 Å². The van der Waals surface area contributed by atoms with Crippen LogP contribution in [0.2, 0.25) is 5.15 Å². The second-order valence-electron chi connectivity index (χ2n) is 8.17. The Kier molecular flexibility index (Phi) is 7.68. The van der Waals surface area contributed by atoms with Crippen LogP contribution in [0, 0.1) is 5.82 Å². The predicted octanol–water partition coefficient (Wildman–Crippen LogP) is 3.77. The molecule has 0 spiro atoms. The molecule has 1 aliphatic rings. The molecule has 0 aliphatic carbocycles. The van der Waals surface area contributed by atoms with Crippen molar-refractivity contribution in [1.82, 2.24) is 14.8 Å². The van der Waals surface area contributed by atoms with E-state index < -0.39 is 5.79 Å². The lowest BCUT2D eigenvalue weighted by molar-refractivity contribution is -0.127. The lowest BCUT2D eigenvalue weighted by Gasteiger charge is -2.18. The van der Waals surface area contributed by atoms with E-state index in [2.05, 4.69) is 15.4 Å². The van der Waals surface area contributed by atoms with Crippen molar-refractivity contribution in [3.63, 3.8) is 0 Å². The monoisotopic (exact) mass is 466 g/mol. The quantitative estimate of drug-likeness (QED) is 0.334. The van der Waals surface area contributed by atoms with Crippen molar-refractivity contribution >= 4 is 28.3 Å². The zero-order valence-corrected chi connectivity index (χ0v) is 18.9. The fourth-order valence-corrected chi connectivity index (χ4v) is 3.65. The molecule has 0 radical (unpaired) electrons. The van der Waals surface area contributed by atoms with Crippen LogP contribution in [0.4, 0.5) is 10.1 Å². The maximum absolute atomic E-state index is 14.1. The van der Waals surface area contributed by atoms with Crippen molar-refractivity contribution in [2.24, 2.45) is 0 Å². The summed E-state index contributed by atoms with van der Waals surface area (Å²) in [4.78, 5) is 4.40. The van der Waals surface area contributed by atoms with Crippen molar-refractivity contribution in [3.05, 3.63) is 53.1 Å². The van der Waals surface area contributed by atoms with Crippen molar-refractivity contribution in [2.75, 3.05) is 11.9 Å². The van der Waals surface area contributed by atoms with Gasteiger partial charge in [-0.3, -0.25) is 0 Å². The molecule has 2 aromatic heterocycles. The predicted molar refractivity (Wildman–Crippen MR) is 120 cm³/mol. The highest BCUT2D eigenvalue weighted by atomic mass is 35.5. The topological polar surface area (TPSA) is 113 Å². The Morgan fingerprint density at radius 2 is 2.00 bits per heavy atom. The smallest absolute Gasteiger partial charge is 0.164 e. The third kappa shape index (κ3) is 6.14. The van der Waals surface area contributed by atoms with Crippen LogP contribution < -0.4 is 5.32 Å². The summed E-state index contributed by atoms with van der Waals surface area (Å²) in [6, 6.07) is 8.10. The molecule has 0 saturated carbocycles. The molecule has 3 unspecified atom stereocenters. The van der Waals surface area contributed by atoms with Gasteiger partial charge in [0.15, 0.2) is 17.7 Å². The minimum Gasteiger partial charge on any atom is -0.394 e. The fourth-order valence-electron chi connectivity index (χ4n) is 3.46. The highest BCUT2D eigenvalue weighted by Crippen LogP contribution is 2.34. The van der Waals surface area contributed by atoms with Gasteiger partial charge in [0.05, 0.1) is 36.0 Å². The maximum Gasteiger partial charge on any atom is 0.164 e. The van der Waals surface area contributed by atoms with Crippen LogP contribution in [0.25, 0.3) is 11.0 Å². The van der Waals surface area contributed by atoms with Crippen LogP contribution in [-0.2, 0) is 4.74 Å². The van der Waals surface area contributed by atoms with Crippen LogP contribution >= 0.6 is 11.6 Å². The molecule has 3 atom stereocenters. The van der Waals surface area contributed by atoms with Crippen molar-refractivity contribution in [1.29, 1.82) is 0 Å². The molecule has 1 fully saturated rings. The Hall–Kier alpha value is -2.30. The van der Waals surface area contributed by atoms with Gasteiger partial charge in [-0.15, -0.1) is 0 Å². The molecule has 32 heavy (non-hydrogen) atoms. The number of aromatic nitrogens is 3. The molecule has 0 bridgehead atoms. The molecule has 4 N–H and O–H groups in total. The third-order valence-electron chi connectivity index (χ3n) is 4.84. The van der Waals surface area contributed by atoms with Crippen molar-refractivity contribution in [2.45, 2.75) is 57.8 Å². The second-order valence-corrected chi connectivity index (χ2v) is 8.56. The van der Waals surface area contributed by atoms with E-state index in [1.54, 1.807) is 35.1 Å². The number of nitrogens with one attached hydrogen (secondary N) is 1. The summed E-state index contributed by atoms with van der Waals surface area (Å²) in [6.45, 7) is 4.46. The summed E-state index contributed by atoms with van der Waals surface area (Å²) in [7, 11) is 0. The zero-order valence-electron chi connectivity index (χ0n) is 18.2. The number of hydrogen-bond acceptors (Lipinski definition) is 7. The fraction of sp³-hybridized carbons (Fsp3) is 0.455. The molecule has 10 heteroatoms. The highest BCUT2D eigenvalue weighted by Gasteiger charge is 2.28. The number of aliphatic hydroxyl groups excluding tert-OH is 1. The minimum absolute atomic E-state index is 0.0170. The van der Waals surface area contributed by atoms with E-state index in [0.29, 0.717) is 16.4 Å². The molecular weight excluding hydrogens is 439 g/mol. The molecule has 8 nitrogen and oxygen atoms in total. The zero-order chi connectivity index (χ0) is 23.5. The van der Waals surface area contributed by atoms with Crippen LogP contribution in [0.1, 0.15) is 51.4 Å². The van der Waals surface area contributed by atoms with Gasteiger partial charge in [0.25, 0.3) is 0 Å². The van der Waals surface area contributed by atoms with Crippen LogP contribution in [0.15, 0.2) is 36.5 Å². The Balaban J connectivity index is 0.000000523. The first-order chi connectivity index (χ1) is 15.1. The van der Waals surface area contributed by atoms with Gasteiger partial charge in [-0.2, -0.15) is 5.10 Å². The van der Waals surface area contributed by atoms with Gasteiger partial charge in [-0.05, 0) is 45.7 Å². The van der Waals surface area contributed by atoms with Crippen LogP contribution in [0.5, 0.6) is 0 Å². The molecule has 1 aliphatic heterocycles. The normalized spacial score (nSPS) is 19.5. The van der Waals surface area contributed by atoms with E-state index in [-0.39, 0.29) is 30.8 Å². The van der Waals surface area contributed by atoms with Gasteiger partial charge in [-0.1, -0.05) is 29.8 Å². The summed E-state index contributed by atoms with van der Waals surface area (Å²) in [6.07, 6.45) is 2.72. The average molecular weight is 467 g/mol. The van der Waals surface area contributed by atoms with Crippen LogP contribution in [-0.4, -0.2) is 48.6 Å². The van der Waals surface area contributed by atoms with Gasteiger partial charge < -0.3 is 25.4 Å². The minimum atomic E-state index is -1.50. The van der Waals surface area contributed by atoms with E-state index in [9.17, 15) is 9.50 Å². The largest absolute Gasteiger partial charge is 0.394 e. The molecule has 3 aromatic rings. The lowest BCUT2D eigenvalue weighted by Crippen LogP contribution is -2.15. The third-order valence-corrected chi connectivity index (χ3v) is 5.03. The Bertz CT molecular complexity index is 1050. The van der Waals surface area contributed by atoms with E-state index in [0.717, 1.165) is 23.9 Å². The van der Waals surface area contributed by atoms with Crippen molar-refractivity contribution in [3.8, 4) is 0 Å². The first-order valence-electron chi connectivity index (χ1n) is 10.3. The van der Waals surface area contributed by atoms with Gasteiger partial charge in [-0.25, -0.2) is 14.1 Å². The summed E-state index contributed by atoms with van der Waals surface area (Å²) >= 11 is 6.23. The second kappa shape index (κ2) is 10.1. The molecule has 1 aromatic carbocycles. The van der Waals surface area contributed by atoms with E-state index in [4.69, 9.17) is 26.6 Å². The van der Waals surface area contributed by atoms with E-state index in [1.807, 2.05) is 6.92 Å². The van der Waals surface area contributed by atoms with E-state index >= 15 is 0 Å². The van der Waals surface area contributed by atoms with Gasteiger partial charge in [0.1, 0.15) is 11.0 Å². The lowest BCUT2D eigenvalue weighted by atomic mass is 10.1. The number of aliphatic hydroxyl groups is 3. The SMILES string of the molecule is CC(C)(O)O.CC(Nc1cc(Cl)nc2c1cnn2C1CCC(CO)O1)c1ccccc1F. The molecule has 1 saturated heterocycles. The summed E-state index contributed by atoms with van der Waals surface area (Å²) in [5.74, 6) is -1.76. The van der Waals surface area contributed by atoms with E-state index in [1.165, 1.54) is 19.9 Å². The molecule has 0 amide bonds. The van der Waals surface area contributed by atoms with Crippen LogP contribution in [0.3, 0.4) is 0 Å². The summed E-state index contributed by atoms with van der Waals surface area (Å²) in [5.41, 5.74) is 1.88. The number of benzene rings is 1. The molecule has 4 rings (SSSR count). The molecule has 174 valence electrons. The first kappa shape index (κ1) is 24.3. The Morgan fingerprint density at radius 1 is 1.31 bits per heavy atom. The number of anilines is 1. The summed E-state index contributed by atoms with van der Waals surface area (Å²) in [5, 5.41) is 34.2. The number of fused-ring (bicyclic) bond motifs is 1. The highest BCUT2D eigenvalue weighted by molar-refractivity contribution is 6.30. The number of halogens is 2. The standard InChI is InChI=1S/C19H20ClFN4O2.C3H8O2/c1-11(13-4-2-3-5-15(13)21)23-16-8-17(20)24-19-14(16)9-22-25(19)18-7-6-12(10-26)27-18;1-3(2,4)5/h2-5,8-9,11-12,18,26H,6-7,10H2,1H3,(H,23,24);4-5H,1-2H3. The van der Waals surface area contributed by atoms with Gasteiger partial charge in [0.2, 0.25) is 0 Å².